The molecule has 2 unspecified atom stereocenters. The van der Waals surface area contributed by atoms with Crippen molar-refractivity contribution < 1.29 is 19.0 Å². The van der Waals surface area contributed by atoms with Gasteiger partial charge in [0.05, 0.1) is 18.6 Å². The van der Waals surface area contributed by atoms with Crippen molar-refractivity contribution in [1.82, 2.24) is 5.32 Å². The zero-order valence-corrected chi connectivity index (χ0v) is 15.5. The van der Waals surface area contributed by atoms with Gasteiger partial charge in [-0.05, 0) is 24.6 Å². The van der Waals surface area contributed by atoms with Crippen molar-refractivity contribution >= 4 is 34.2 Å². The van der Waals surface area contributed by atoms with E-state index in [1.165, 1.54) is 0 Å². The van der Waals surface area contributed by atoms with Gasteiger partial charge in [0.25, 0.3) is 0 Å². The number of carbonyl (C=O) groups excluding carboxylic acids is 1. The van der Waals surface area contributed by atoms with Gasteiger partial charge in [0.1, 0.15) is 13.2 Å². The molecule has 1 heterocycles. The number of hydrogen-bond donors (Lipinski definition) is 2. The summed E-state index contributed by atoms with van der Waals surface area (Å²) in [6.07, 6.45) is -0.0321. The van der Waals surface area contributed by atoms with E-state index in [2.05, 4.69) is 21.2 Å². The number of nitrogens with two attached hydrogens (primary N) is 1. The highest BCUT2D eigenvalue weighted by atomic mass is 79.9. The van der Waals surface area contributed by atoms with Crippen LogP contribution in [0.3, 0.4) is 0 Å². The minimum absolute atomic E-state index is 0. The number of rotatable bonds is 6. The highest BCUT2D eigenvalue weighted by Crippen LogP contribution is 2.37. The molecule has 0 saturated carbocycles. The van der Waals surface area contributed by atoms with Gasteiger partial charge in [0.15, 0.2) is 11.5 Å². The quantitative estimate of drug-likeness (QED) is 0.752. The predicted octanol–water partition coefficient (Wildman–Crippen LogP) is 2.18. The monoisotopic (exact) mass is 408 g/mol. The second kappa shape index (κ2) is 9.32. The Labute approximate surface area is 150 Å². The molecule has 0 bridgehead atoms. The number of methoxy groups -OCH3 is 1. The minimum atomic E-state index is -0.268. The number of halogens is 2. The van der Waals surface area contributed by atoms with Gasteiger partial charge in [0, 0.05) is 18.1 Å². The summed E-state index contributed by atoms with van der Waals surface area (Å²) in [6, 6.07) is 3.58. The average molecular weight is 410 g/mol. The Hall–Kier alpha value is -1.02. The molecule has 0 radical (unpaired) electrons. The van der Waals surface area contributed by atoms with Crippen LogP contribution in [0.15, 0.2) is 16.6 Å². The first-order valence-corrected chi connectivity index (χ1v) is 7.95. The molecule has 6 nitrogen and oxygen atoms in total. The molecule has 23 heavy (non-hydrogen) atoms. The molecular formula is C15H22BrClN2O4. The van der Waals surface area contributed by atoms with Crippen LogP contribution < -0.4 is 20.5 Å². The average Bonchev–Trinajstić information content (AvgIpc) is 2.51. The maximum Gasteiger partial charge on any atom is 0.223 e. The Morgan fingerprint density at radius 1 is 1.39 bits per heavy atom. The first kappa shape index (κ1) is 20.0. The van der Waals surface area contributed by atoms with Gasteiger partial charge in [-0.3, -0.25) is 4.79 Å². The fourth-order valence-corrected chi connectivity index (χ4v) is 2.93. The smallest absolute Gasteiger partial charge is 0.223 e. The molecular weight excluding hydrogens is 388 g/mol. The number of amides is 1. The predicted molar refractivity (Wildman–Crippen MR) is 93.4 cm³/mol. The Morgan fingerprint density at radius 3 is 2.57 bits per heavy atom. The Bertz CT molecular complexity index is 540. The lowest BCUT2D eigenvalue weighted by Gasteiger charge is -2.23. The summed E-state index contributed by atoms with van der Waals surface area (Å²) in [5.74, 6) is 1.30. The van der Waals surface area contributed by atoms with Crippen LogP contribution >= 0.6 is 28.3 Å². The van der Waals surface area contributed by atoms with Crippen molar-refractivity contribution in [2.75, 3.05) is 26.9 Å². The van der Waals surface area contributed by atoms with Gasteiger partial charge in [-0.15, -0.1) is 12.4 Å². The number of nitrogens with one attached hydrogen (secondary N) is 1. The number of fused-ring (bicyclic) bond motifs is 1. The van der Waals surface area contributed by atoms with Crippen LogP contribution in [0.1, 0.15) is 24.9 Å². The van der Waals surface area contributed by atoms with E-state index in [4.69, 9.17) is 19.9 Å². The molecule has 8 heteroatoms. The van der Waals surface area contributed by atoms with Crippen molar-refractivity contribution in [2.24, 2.45) is 5.73 Å². The van der Waals surface area contributed by atoms with Gasteiger partial charge in [0.2, 0.25) is 5.91 Å². The topological polar surface area (TPSA) is 82.8 Å². The molecule has 1 aliphatic heterocycles. The van der Waals surface area contributed by atoms with Crippen LogP contribution in [0.25, 0.3) is 0 Å². The molecule has 0 aliphatic carbocycles. The van der Waals surface area contributed by atoms with Gasteiger partial charge in [-0.2, -0.15) is 0 Å². The molecule has 0 aromatic heterocycles. The van der Waals surface area contributed by atoms with E-state index in [1.807, 2.05) is 19.1 Å². The molecule has 0 spiro atoms. The molecule has 1 amide bonds. The third-order valence-corrected chi connectivity index (χ3v) is 4.20. The molecule has 2 rings (SSSR count). The SMILES string of the molecule is COC(CN)CC(=O)NC(C)c1cc2c(cc1Br)OCCO2.Cl. The normalized spacial score (nSPS) is 15.3. The van der Waals surface area contributed by atoms with Gasteiger partial charge >= 0.3 is 0 Å². The molecule has 0 fully saturated rings. The van der Waals surface area contributed by atoms with E-state index in [0.717, 1.165) is 10.0 Å². The van der Waals surface area contributed by atoms with Gasteiger partial charge < -0.3 is 25.3 Å². The molecule has 1 aliphatic rings. The van der Waals surface area contributed by atoms with Gasteiger partial charge in [-0.25, -0.2) is 0 Å². The lowest BCUT2D eigenvalue weighted by molar-refractivity contribution is -0.124. The maximum atomic E-state index is 12.0. The van der Waals surface area contributed by atoms with E-state index in [0.29, 0.717) is 31.3 Å². The first-order valence-electron chi connectivity index (χ1n) is 7.16. The van der Waals surface area contributed by atoms with Crippen LogP contribution in [-0.2, 0) is 9.53 Å². The van der Waals surface area contributed by atoms with Crippen LogP contribution in [0.4, 0.5) is 0 Å². The minimum Gasteiger partial charge on any atom is -0.486 e. The second-order valence-electron chi connectivity index (χ2n) is 5.10. The summed E-state index contributed by atoms with van der Waals surface area (Å²) >= 11 is 3.51. The first-order chi connectivity index (χ1) is 10.5. The van der Waals surface area contributed by atoms with Crippen molar-refractivity contribution in [3.63, 3.8) is 0 Å². The summed E-state index contributed by atoms with van der Waals surface area (Å²) in [6.45, 7) is 3.30. The lowest BCUT2D eigenvalue weighted by atomic mass is 10.1. The standard InChI is InChI=1S/C15H21BrN2O4.ClH/c1-9(18-15(19)5-10(8-17)20-2)11-6-13-14(7-12(11)16)22-4-3-21-13;/h6-7,9-10H,3-5,8,17H2,1-2H3,(H,18,19);1H. The van der Waals surface area contributed by atoms with E-state index in [1.54, 1.807) is 7.11 Å². The zero-order chi connectivity index (χ0) is 16.1. The highest BCUT2D eigenvalue weighted by Gasteiger charge is 2.20. The fourth-order valence-electron chi connectivity index (χ4n) is 2.26. The second-order valence-corrected chi connectivity index (χ2v) is 5.96. The molecule has 1 aromatic rings. The van der Waals surface area contributed by atoms with E-state index >= 15 is 0 Å². The van der Waals surface area contributed by atoms with Crippen LogP contribution in [0.5, 0.6) is 11.5 Å². The summed E-state index contributed by atoms with van der Waals surface area (Å²) in [5, 5.41) is 2.94. The number of carbonyl (C=O) groups is 1. The Balaban J connectivity index is 0.00000264. The van der Waals surface area contributed by atoms with Crippen molar-refractivity contribution in [3.8, 4) is 11.5 Å². The van der Waals surface area contributed by atoms with Crippen molar-refractivity contribution in [3.05, 3.63) is 22.2 Å². The maximum absolute atomic E-state index is 12.0. The molecule has 0 saturated heterocycles. The van der Waals surface area contributed by atoms with E-state index < -0.39 is 0 Å². The van der Waals surface area contributed by atoms with E-state index in [-0.39, 0.29) is 36.9 Å². The summed E-state index contributed by atoms with van der Waals surface area (Å²) in [7, 11) is 1.55. The number of hydrogen-bond acceptors (Lipinski definition) is 5. The Morgan fingerprint density at radius 2 is 2.00 bits per heavy atom. The fraction of sp³-hybridized carbons (Fsp3) is 0.533. The number of benzene rings is 1. The third kappa shape index (κ3) is 5.24. The third-order valence-electron chi connectivity index (χ3n) is 3.51. The zero-order valence-electron chi connectivity index (χ0n) is 13.1. The lowest BCUT2D eigenvalue weighted by Crippen LogP contribution is -2.33. The van der Waals surface area contributed by atoms with Crippen LogP contribution in [-0.4, -0.2) is 38.9 Å². The highest BCUT2D eigenvalue weighted by molar-refractivity contribution is 9.10. The van der Waals surface area contributed by atoms with Crippen molar-refractivity contribution in [2.45, 2.75) is 25.5 Å². The molecule has 1 aromatic carbocycles. The summed E-state index contributed by atoms with van der Waals surface area (Å²) in [5.41, 5.74) is 6.46. The summed E-state index contributed by atoms with van der Waals surface area (Å²) in [4.78, 5) is 12.0. The molecule has 130 valence electrons. The van der Waals surface area contributed by atoms with E-state index in [9.17, 15) is 4.79 Å². The van der Waals surface area contributed by atoms with Crippen molar-refractivity contribution in [1.29, 1.82) is 0 Å². The largest absolute Gasteiger partial charge is 0.486 e. The Kier molecular flexibility index (Phi) is 8.11. The van der Waals surface area contributed by atoms with Gasteiger partial charge in [-0.1, -0.05) is 15.9 Å². The van der Waals surface area contributed by atoms with Crippen LogP contribution in [0.2, 0.25) is 0 Å². The molecule has 2 atom stereocenters. The summed E-state index contributed by atoms with van der Waals surface area (Å²) < 4.78 is 17.1. The number of ether oxygens (including phenoxy) is 3. The molecule has 3 N–H and O–H groups in total. The van der Waals surface area contributed by atoms with Crippen LogP contribution in [0, 0.1) is 0 Å².